The molecule has 1 rings (SSSR count). The third-order valence-electron chi connectivity index (χ3n) is 3.22. The topological polar surface area (TPSA) is 120 Å². The van der Waals surface area contributed by atoms with Gasteiger partial charge in [-0.15, -0.1) is 0 Å². The van der Waals surface area contributed by atoms with Gasteiger partial charge in [-0.1, -0.05) is 20.3 Å². The van der Waals surface area contributed by atoms with Crippen LogP contribution in [0.25, 0.3) is 0 Å². The Morgan fingerprint density at radius 1 is 1.53 bits per heavy atom. The SMILES string of the molecule is CCCC1(C)C(C#N)=C(N)N(N)C(=O)C1C#N. The van der Waals surface area contributed by atoms with Crippen LogP contribution in [-0.2, 0) is 4.79 Å². The summed E-state index contributed by atoms with van der Waals surface area (Å²) in [7, 11) is 0. The van der Waals surface area contributed by atoms with Crippen LogP contribution >= 0.6 is 0 Å². The Morgan fingerprint density at radius 3 is 2.53 bits per heavy atom. The standard InChI is InChI=1S/C11H15N5O/c1-3-4-11(2)7(5-12)9(14)16(15)10(17)8(11)6-13/h8H,3-4,14-15H2,1-2H3. The Kier molecular flexibility index (Phi) is 3.40. The molecule has 1 aliphatic rings. The Labute approximate surface area is 100 Å². The lowest BCUT2D eigenvalue weighted by Gasteiger charge is -2.39. The highest BCUT2D eigenvalue weighted by Crippen LogP contribution is 2.44. The van der Waals surface area contributed by atoms with E-state index in [1.54, 1.807) is 6.92 Å². The fourth-order valence-electron chi connectivity index (χ4n) is 2.26. The minimum Gasteiger partial charge on any atom is -0.383 e. The van der Waals surface area contributed by atoms with Crippen molar-refractivity contribution in [3.05, 3.63) is 11.4 Å². The number of carbonyl (C=O) groups is 1. The summed E-state index contributed by atoms with van der Waals surface area (Å²) in [6.07, 6.45) is 1.28. The van der Waals surface area contributed by atoms with Crippen molar-refractivity contribution >= 4 is 5.91 Å². The molecule has 0 aromatic heterocycles. The molecule has 0 bridgehead atoms. The monoisotopic (exact) mass is 233 g/mol. The van der Waals surface area contributed by atoms with Crippen LogP contribution in [0.4, 0.5) is 0 Å². The van der Waals surface area contributed by atoms with E-state index >= 15 is 0 Å². The molecule has 0 aliphatic carbocycles. The molecule has 17 heavy (non-hydrogen) atoms. The third kappa shape index (κ3) is 1.73. The number of allylic oxidation sites excluding steroid dienone is 1. The lowest BCUT2D eigenvalue weighted by atomic mass is 9.67. The Morgan fingerprint density at radius 2 is 2.12 bits per heavy atom. The summed E-state index contributed by atoms with van der Waals surface area (Å²) in [5.41, 5.74) is 5.04. The summed E-state index contributed by atoms with van der Waals surface area (Å²) >= 11 is 0. The summed E-state index contributed by atoms with van der Waals surface area (Å²) in [5, 5.41) is 19.0. The van der Waals surface area contributed by atoms with Crippen LogP contribution in [-0.4, -0.2) is 10.9 Å². The zero-order chi connectivity index (χ0) is 13.2. The second-order valence-electron chi connectivity index (χ2n) is 4.31. The largest absolute Gasteiger partial charge is 0.383 e. The predicted molar refractivity (Wildman–Crippen MR) is 60.0 cm³/mol. The number of carbonyl (C=O) groups excluding carboxylic acids is 1. The van der Waals surface area contributed by atoms with E-state index in [-0.39, 0.29) is 11.4 Å². The highest BCUT2D eigenvalue weighted by molar-refractivity contribution is 5.86. The number of hydrogen-bond acceptors (Lipinski definition) is 5. The van der Waals surface area contributed by atoms with E-state index in [1.807, 2.05) is 19.1 Å². The van der Waals surface area contributed by atoms with Gasteiger partial charge in [-0.3, -0.25) is 4.79 Å². The minimum atomic E-state index is -0.964. The summed E-state index contributed by atoms with van der Waals surface area (Å²) < 4.78 is 0. The van der Waals surface area contributed by atoms with Crippen LogP contribution in [0.3, 0.4) is 0 Å². The van der Waals surface area contributed by atoms with Crippen molar-refractivity contribution < 1.29 is 4.79 Å². The molecular formula is C11H15N5O. The van der Waals surface area contributed by atoms with Crippen molar-refractivity contribution in [3.63, 3.8) is 0 Å². The van der Waals surface area contributed by atoms with Gasteiger partial charge in [-0.2, -0.15) is 10.5 Å². The summed E-state index contributed by atoms with van der Waals surface area (Å²) in [4.78, 5) is 11.9. The first-order valence-electron chi connectivity index (χ1n) is 5.32. The van der Waals surface area contributed by atoms with Crippen molar-refractivity contribution in [2.45, 2.75) is 26.7 Å². The number of nitrogens with two attached hydrogens (primary N) is 2. The van der Waals surface area contributed by atoms with Gasteiger partial charge in [-0.25, -0.2) is 10.9 Å². The van der Waals surface area contributed by atoms with Gasteiger partial charge in [0, 0.05) is 5.41 Å². The fourth-order valence-corrected chi connectivity index (χ4v) is 2.26. The molecule has 6 nitrogen and oxygen atoms in total. The highest BCUT2D eigenvalue weighted by Gasteiger charge is 2.49. The summed E-state index contributed by atoms with van der Waals surface area (Å²) in [6, 6.07) is 3.91. The van der Waals surface area contributed by atoms with Crippen LogP contribution in [0.15, 0.2) is 11.4 Å². The van der Waals surface area contributed by atoms with Crippen LogP contribution in [0, 0.1) is 34.0 Å². The third-order valence-corrected chi connectivity index (χ3v) is 3.22. The molecule has 0 fully saturated rings. The zero-order valence-corrected chi connectivity index (χ0v) is 9.90. The van der Waals surface area contributed by atoms with Crippen molar-refractivity contribution in [1.29, 1.82) is 10.5 Å². The Hall–Kier alpha value is -2.05. The number of hydrazine groups is 1. The van der Waals surface area contributed by atoms with Crippen molar-refractivity contribution in [2.75, 3.05) is 0 Å². The lowest BCUT2D eigenvalue weighted by Crippen LogP contribution is -2.53. The molecule has 1 heterocycles. The van der Waals surface area contributed by atoms with E-state index in [0.717, 1.165) is 6.42 Å². The molecule has 0 saturated heterocycles. The number of amides is 1. The Bertz CT molecular complexity index is 455. The van der Waals surface area contributed by atoms with Gasteiger partial charge in [0.1, 0.15) is 11.7 Å². The Balaban J connectivity index is 3.46. The predicted octanol–water partition coefficient (Wildman–Crippen LogP) is 0.342. The fraction of sp³-hybridized carbons (Fsp3) is 0.545. The molecule has 1 aliphatic heterocycles. The highest BCUT2D eigenvalue weighted by atomic mass is 16.2. The van der Waals surface area contributed by atoms with Gasteiger partial charge < -0.3 is 5.73 Å². The zero-order valence-electron chi connectivity index (χ0n) is 9.90. The molecule has 2 atom stereocenters. The van der Waals surface area contributed by atoms with Crippen molar-refractivity contribution in [1.82, 2.24) is 5.01 Å². The average molecular weight is 233 g/mol. The number of hydrogen-bond donors (Lipinski definition) is 2. The maximum Gasteiger partial charge on any atom is 0.260 e. The number of nitrogens with zero attached hydrogens (tertiary/aromatic N) is 3. The molecule has 6 heteroatoms. The van der Waals surface area contributed by atoms with Crippen LogP contribution in [0.2, 0.25) is 0 Å². The summed E-state index contributed by atoms with van der Waals surface area (Å²) in [5.74, 6) is 3.89. The van der Waals surface area contributed by atoms with Gasteiger partial charge in [0.2, 0.25) is 0 Å². The van der Waals surface area contributed by atoms with Crippen LogP contribution < -0.4 is 11.6 Å². The minimum absolute atomic E-state index is 0.0556. The molecule has 90 valence electrons. The maximum atomic E-state index is 11.9. The van der Waals surface area contributed by atoms with Crippen LogP contribution in [0.5, 0.6) is 0 Å². The van der Waals surface area contributed by atoms with Gasteiger partial charge in [0.15, 0.2) is 0 Å². The van der Waals surface area contributed by atoms with E-state index in [2.05, 4.69) is 0 Å². The van der Waals surface area contributed by atoms with Crippen molar-refractivity contribution in [3.8, 4) is 12.1 Å². The quantitative estimate of drug-likeness (QED) is 0.526. The van der Waals surface area contributed by atoms with Crippen LogP contribution in [0.1, 0.15) is 26.7 Å². The smallest absolute Gasteiger partial charge is 0.260 e. The first-order valence-corrected chi connectivity index (χ1v) is 5.32. The van der Waals surface area contributed by atoms with E-state index < -0.39 is 17.2 Å². The molecule has 0 aromatic rings. The van der Waals surface area contributed by atoms with E-state index in [1.165, 1.54) is 0 Å². The van der Waals surface area contributed by atoms with Gasteiger partial charge >= 0.3 is 0 Å². The van der Waals surface area contributed by atoms with Gasteiger partial charge in [0.05, 0.1) is 17.7 Å². The lowest BCUT2D eigenvalue weighted by molar-refractivity contribution is -0.136. The normalized spacial score (nSPS) is 28.9. The summed E-state index contributed by atoms with van der Waals surface area (Å²) in [6.45, 7) is 3.63. The first-order chi connectivity index (χ1) is 7.93. The average Bonchev–Trinajstić information content (AvgIpc) is 2.28. The first kappa shape index (κ1) is 13.0. The molecule has 0 spiro atoms. The number of nitriles is 2. The molecule has 4 N–H and O–H groups in total. The maximum absolute atomic E-state index is 11.9. The number of rotatable bonds is 2. The van der Waals surface area contributed by atoms with E-state index in [9.17, 15) is 4.79 Å². The second kappa shape index (κ2) is 4.44. The molecule has 0 aromatic carbocycles. The van der Waals surface area contributed by atoms with Crippen molar-refractivity contribution in [2.24, 2.45) is 22.9 Å². The van der Waals surface area contributed by atoms with E-state index in [4.69, 9.17) is 22.1 Å². The van der Waals surface area contributed by atoms with E-state index in [0.29, 0.717) is 11.4 Å². The van der Waals surface area contributed by atoms with Gasteiger partial charge in [0.25, 0.3) is 5.91 Å². The van der Waals surface area contributed by atoms with Gasteiger partial charge in [-0.05, 0) is 6.42 Å². The molecule has 0 radical (unpaired) electrons. The second-order valence-corrected chi connectivity index (χ2v) is 4.31. The molecule has 1 amide bonds. The molecular weight excluding hydrogens is 218 g/mol. The molecule has 0 saturated carbocycles. The molecule has 2 unspecified atom stereocenters.